The largest absolute Gasteiger partial charge is 0.362 e. The first-order valence-corrected chi connectivity index (χ1v) is 11.9. The minimum atomic E-state index is 0.427. The lowest BCUT2D eigenvalue weighted by Gasteiger charge is -2.30. The first-order chi connectivity index (χ1) is 15.2. The average molecular weight is 432 g/mol. The molecule has 0 radical (unpaired) electrons. The second kappa shape index (κ2) is 8.81. The van der Waals surface area contributed by atoms with E-state index in [4.69, 9.17) is 9.97 Å². The van der Waals surface area contributed by atoms with Crippen LogP contribution in [0.1, 0.15) is 31.2 Å². The molecule has 5 rings (SSSR count). The van der Waals surface area contributed by atoms with Gasteiger partial charge in [-0.05, 0) is 60.2 Å². The SMILES string of the molecule is CN(C)c1nc(N[C@H]2CC[C@@H](NCc3csc4ccccc34)CC2)nc2ccccc12. The fourth-order valence-electron chi connectivity index (χ4n) is 4.51. The van der Waals surface area contributed by atoms with E-state index in [9.17, 15) is 0 Å². The first-order valence-electron chi connectivity index (χ1n) is 11.1. The lowest BCUT2D eigenvalue weighted by Crippen LogP contribution is -2.36. The number of rotatable bonds is 6. The second-order valence-corrected chi connectivity index (χ2v) is 9.52. The van der Waals surface area contributed by atoms with Crippen LogP contribution in [0.25, 0.3) is 21.0 Å². The molecule has 1 fully saturated rings. The van der Waals surface area contributed by atoms with E-state index in [0.717, 1.165) is 42.1 Å². The number of nitrogens with zero attached hydrogens (tertiary/aromatic N) is 3. The van der Waals surface area contributed by atoms with Crippen LogP contribution in [0, 0.1) is 0 Å². The van der Waals surface area contributed by atoms with Crippen LogP contribution in [0.3, 0.4) is 0 Å². The molecule has 0 spiro atoms. The van der Waals surface area contributed by atoms with Gasteiger partial charge in [-0.15, -0.1) is 11.3 Å². The Bertz CT molecular complexity index is 1180. The molecular weight excluding hydrogens is 402 g/mol. The van der Waals surface area contributed by atoms with Crippen molar-refractivity contribution in [3.63, 3.8) is 0 Å². The molecule has 0 saturated heterocycles. The predicted octanol–water partition coefficient (Wildman–Crippen LogP) is 5.42. The van der Waals surface area contributed by atoms with Crippen molar-refractivity contribution in [3.8, 4) is 0 Å². The van der Waals surface area contributed by atoms with Crippen LogP contribution in [0.5, 0.6) is 0 Å². The number of hydrogen-bond acceptors (Lipinski definition) is 6. The van der Waals surface area contributed by atoms with Gasteiger partial charge in [0.25, 0.3) is 0 Å². The fourth-order valence-corrected chi connectivity index (χ4v) is 5.48. The van der Waals surface area contributed by atoms with Gasteiger partial charge in [0, 0.05) is 42.8 Å². The fraction of sp³-hybridized carbons (Fsp3) is 0.360. The molecule has 0 aliphatic heterocycles. The zero-order chi connectivity index (χ0) is 21.2. The summed E-state index contributed by atoms with van der Waals surface area (Å²) < 4.78 is 1.37. The number of anilines is 2. The molecule has 0 atom stereocenters. The minimum Gasteiger partial charge on any atom is -0.362 e. The summed E-state index contributed by atoms with van der Waals surface area (Å²) in [6, 6.07) is 17.9. The normalized spacial score (nSPS) is 19.0. The molecule has 1 aliphatic carbocycles. The summed E-state index contributed by atoms with van der Waals surface area (Å²) >= 11 is 1.84. The predicted molar refractivity (Wildman–Crippen MR) is 132 cm³/mol. The Morgan fingerprint density at radius 1 is 0.903 bits per heavy atom. The summed E-state index contributed by atoms with van der Waals surface area (Å²) in [4.78, 5) is 11.6. The average Bonchev–Trinajstić information content (AvgIpc) is 3.21. The van der Waals surface area contributed by atoms with Crippen molar-refractivity contribution in [1.29, 1.82) is 0 Å². The molecule has 2 aromatic carbocycles. The van der Waals surface area contributed by atoms with E-state index in [1.165, 1.54) is 28.5 Å². The zero-order valence-corrected chi connectivity index (χ0v) is 19.0. The summed E-state index contributed by atoms with van der Waals surface area (Å²) in [7, 11) is 4.07. The van der Waals surface area contributed by atoms with Crippen molar-refractivity contribution in [2.45, 2.75) is 44.3 Å². The Morgan fingerprint density at radius 2 is 1.61 bits per heavy atom. The lowest BCUT2D eigenvalue weighted by molar-refractivity contribution is 0.352. The summed E-state index contributed by atoms with van der Waals surface area (Å²) in [5, 5.41) is 12.2. The number of nitrogens with one attached hydrogen (secondary N) is 2. The summed E-state index contributed by atoms with van der Waals surface area (Å²) in [5.41, 5.74) is 2.41. The van der Waals surface area contributed by atoms with Crippen LogP contribution >= 0.6 is 11.3 Å². The number of fused-ring (bicyclic) bond motifs is 2. The van der Waals surface area contributed by atoms with Gasteiger partial charge < -0.3 is 15.5 Å². The third-order valence-electron chi connectivity index (χ3n) is 6.21. The lowest BCUT2D eigenvalue weighted by atomic mass is 9.91. The zero-order valence-electron chi connectivity index (χ0n) is 18.1. The Balaban J connectivity index is 1.19. The highest BCUT2D eigenvalue weighted by Gasteiger charge is 2.22. The topological polar surface area (TPSA) is 53.1 Å². The molecule has 1 saturated carbocycles. The van der Waals surface area contributed by atoms with Crippen molar-refractivity contribution in [2.75, 3.05) is 24.3 Å². The Morgan fingerprint density at radius 3 is 2.42 bits per heavy atom. The molecular formula is C25H29N5S. The second-order valence-electron chi connectivity index (χ2n) is 8.61. The molecule has 1 aliphatic rings. The standard InChI is InChI=1S/C25H29N5S/c1-30(2)24-21-8-3-5-9-22(21)28-25(29-24)27-19-13-11-18(12-14-19)26-15-17-16-31-23-10-6-4-7-20(17)23/h3-10,16,18-19,26H,11-15H2,1-2H3,(H,27,28,29)/t18-,19+. The van der Waals surface area contributed by atoms with Crippen molar-refractivity contribution in [1.82, 2.24) is 15.3 Å². The maximum absolute atomic E-state index is 4.80. The highest BCUT2D eigenvalue weighted by atomic mass is 32.1. The number of hydrogen-bond donors (Lipinski definition) is 2. The smallest absolute Gasteiger partial charge is 0.225 e. The van der Waals surface area contributed by atoms with Crippen LogP contribution in [-0.4, -0.2) is 36.1 Å². The molecule has 5 nitrogen and oxygen atoms in total. The summed E-state index contributed by atoms with van der Waals surface area (Å²) in [6.07, 6.45) is 4.62. The minimum absolute atomic E-state index is 0.427. The maximum Gasteiger partial charge on any atom is 0.225 e. The van der Waals surface area contributed by atoms with Crippen molar-refractivity contribution in [3.05, 3.63) is 59.5 Å². The number of thiophene rings is 1. The van der Waals surface area contributed by atoms with Gasteiger partial charge in [0.2, 0.25) is 5.95 Å². The van der Waals surface area contributed by atoms with Gasteiger partial charge >= 0.3 is 0 Å². The van der Waals surface area contributed by atoms with Crippen LogP contribution in [0.4, 0.5) is 11.8 Å². The molecule has 6 heteroatoms. The number of para-hydroxylation sites is 1. The Hall–Kier alpha value is -2.70. The summed E-state index contributed by atoms with van der Waals surface area (Å²) in [6.45, 7) is 0.951. The van der Waals surface area contributed by atoms with E-state index < -0.39 is 0 Å². The van der Waals surface area contributed by atoms with Gasteiger partial charge in [0.05, 0.1) is 5.52 Å². The molecule has 0 unspecified atom stereocenters. The molecule has 2 aromatic heterocycles. The molecule has 160 valence electrons. The molecule has 0 amide bonds. The number of aromatic nitrogens is 2. The van der Waals surface area contributed by atoms with Crippen LogP contribution in [-0.2, 0) is 6.54 Å². The van der Waals surface area contributed by atoms with E-state index in [-0.39, 0.29) is 0 Å². The quantitative estimate of drug-likeness (QED) is 0.427. The van der Waals surface area contributed by atoms with Crippen LogP contribution in [0.15, 0.2) is 53.9 Å². The van der Waals surface area contributed by atoms with Gasteiger partial charge in [-0.2, -0.15) is 4.98 Å². The van der Waals surface area contributed by atoms with Gasteiger partial charge in [-0.1, -0.05) is 30.3 Å². The van der Waals surface area contributed by atoms with E-state index in [1.807, 2.05) is 37.6 Å². The van der Waals surface area contributed by atoms with E-state index in [2.05, 4.69) is 57.3 Å². The Kier molecular flexibility index (Phi) is 5.74. The van der Waals surface area contributed by atoms with Gasteiger partial charge in [-0.25, -0.2) is 4.98 Å². The number of benzene rings is 2. The van der Waals surface area contributed by atoms with Crippen molar-refractivity contribution in [2.24, 2.45) is 0 Å². The highest BCUT2D eigenvalue weighted by molar-refractivity contribution is 7.17. The maximum atomic E-state index is 4.80. The van der Waals surface area contributed by atoms with Crippen molar-refractivity contribution >= 4 is 44.1 Å². The molecule has 31 heavy (non-hydrogen) atoms. The van der Waals surface area contributed by atoms with Crippen LogP contribution < -0.4 is 15.5 Å². The van der Waals surface area contributed by atoms with Crippen LogP contribution in [0.2, 0.25) is 0 Å². The van der Waals surface area contributed by atoms with E-state index in [1.54, 1.807) is 0 Å². The van der Waals surface area contributed by atoms with E-state index in [0.29, 0.717) is 12.1 Å². The van der Waals surface area contributed by atoms with Gasteiger partial charge in [0.15, 0.2) is 0 Å². The molecule has 2 heterocycles. The summed E-state index contributed by atoms with van der Waals surface area (Å²) in [5.74, 6) is 1.70. The Labute approximate surface area is 187 Å². The monoisotopic (exact) mass is 431 g/mol. The van der Waals surface area contributed by atoms with E-state index >= 15 is 0 Å². The van der Waals surface area contributed by atoms with Crippen molar-refractivity contribution < 1.29 is 0 Å². The molecule has 2 N–H and O–H groups in total. The highest BCUT2D eigenvalue weighted by Crippen LogP contribution is 2.28. The van der Waals surface area contributed by atoms with Gasteiger partial charge in [-0.3, -0.25) is 0 Å². The molecule has 0 bridgehead atoms. The molecule has 4 aromatic rings. The third kappa shape index (κ3) is 4.36. The van der Waals surface area contributed by atoms with Gasteiger partial charge in [0.1, 0.15) is 5.82 Å². The third-order valence-corrected chi connectivity index (χ3v) is 7.22. The first kappa shape index (κ1) is 20.2.